The average Bonchev–Trinajstić information content (AvgIpc) is 2.18. The summed E-state index contributed by atoms with van der Waals surface area (Å²) in [6.07, 6.45) is 2.42. The summed E-state index contributed by atoms with van der Waals surface area (Å²) in [4.78, 5) is 0. The van der Waals surface area contributed by atoms with Crippen LogP contribution in [0, 0.1) is 0 Å². The molecule has 0 fully saturated rings. The van der Waals surface area contributed by atoms with Crippen molar-refractivity contribution in [3.63, 3.8) is 0 Å². The van der Waals surface area contributed by atoms with Crippen molar-refractivity contribution in [3.8, 4) is 0 Å². The predicted octanol–water partition coefficient (Wildman–Crippen LogP) is 2.86. The van der Waals surface area contributed by atoms with Gasteiger partial charge in [-0.05, 0) is 44.6 Å². The zero-order valence-corrected chi connectivity index (χ0v) is 10.1. The van der Waals surface area contributed by atoms with Crippen molar-refractivity contribution >= 4 is 21.6 Å². The Morgan fingerprint density at radius 3 is 2.71 bits per heavy atom. The number of hydrogen-bond donors (Lipinski definition) is 2. The Morgan fingerprint density at radius 2 is 2.00 bits per heavy atom. The first-order valence-electron chi connectivity index (χ1n) is 4.97. The van der Waals surface area contributed by atoms with E-state index in [2.05, 4.69) is 38.7 Å². The van der Waals surface area contributed by atoms with Crippen molar-refractivity contribution in [2.45, 2.75) is 12.8 Å². The van der Waals surface area contributed by atoms with E-state index >= 15 is 0 Å². The molecule has 0 amide bonds. The van der Waals surface area contributed by atoms with Crippen LogP contribution in [0.2, 0.25) is 0 Å². The predicted molar refractivity (Wildman–Crippen MR) is 65.8 cm³/mol. The van der Waals surface area contributed by atoms with Crippen LogP contribution in [0.4, 0.5) is 5.69 Å². The van der Waals surface area contributed by atoms with Gasteiger partial charge >= 0.3 is 0 Å². The first-order valence-corrected chi connectivity index (χ1v) is 5.76. The highest BCUT2D eigenvalue weighted by atomic mass is 79.9. The third-order valence-electron chi connectivity index (χ3n) is 2.01. The second-order valence-corrected chi connectivity index (χ2v) is 4.16. The molecule has 2 N–H and O–H groups in total. The minimum atomic E-state index is 1.04. The molecule has 1 rings (SSSR count). The number of anilines is 1. The van der Waals surface area contributed by atoms with E-state index in [1.54, 1.807) is 0 Å². The molecule has 78 valence electrons. The number of benzene rings is 1. The van der Waals surface area contributed by atoms with Gasteiger partial charge in [0.25, 0.3) is 0 Å². The molecule has 0 bridgehead atoms. The lowest BCUT2D eigenvalue weighted by atomic mass is 10.3. The van der Waals surface area contributed by atoms with Crippen molar-refractivity contribution in [3.05, 3.63) is 28.7 Å². The largest absolute Gasteiger partial charge is 0.385 e. The number of halogens is 1. The van der Waals surface area contributed by atoms with E-state index in [0.29, 0.717) is 0 Å². The van der Waals surface area contributed by atoms with Gasteiger partial charge in [-0.3, -0.25) is 0 Å². The van der Waals surface area contributed by atoms with Crippen molar-refractivity contribution in [2.75, 3.05) is 25.5 Å². The minimum absolute atomic E-state index is 1.04. The van der Waals surface area contributed by atoms with Crippen LogP contribution in [0.5, 0.6) is 0 Å². The fourth-order valence-corrected chi connectivity index (χ4v) is 1.66. The standard InChI is InChI=1S/C11H17BrN2/c1-13-7-2-3-8-14-11-6-4-5-10(12)9-11/h4-6,9,13-14H,2-3,7-8H2,1H3. The summed E-state index contributed by atoms with van der Waals surface area (Å²) in [7, 11) is 1.99. The molecule has 0 radical (unpaired) electrons. The quantitative estimate of drug-likeness (QED) is 0.766. The number of unbranched alkanes of at least 4 members (excludes halogenated alkanes) is 1. The Balaban J connectivity index is 2.18. The van der Waals surface area contributed by atoms with Gasteiger partial charge in [0.05, 0.1) is 0 Å². The van der Waals surface area contributed by atoms with Gasteiger partial charge in [-0.15, -0.1) is 0 Å². The summed E-state index contributed by atoms with van der Waals surface area (Å²) < 4.78 is 1.12. The maximum atomic E-state index is 3.45. The summed E-state index contributed by atoms with van der Waals surface area (Å²) >= 11 is 3.45. The van der Waals surface area contributed by atoms with E-state index in [-0.39, 0.29) is 0 Å². The third-order valence-corrected chi connectivity index (χ3v) is 2.50. The first kappa shape index (κ1) is 11.5. The van der Waals surface area contributed by atoms with Crippen molar-refractivity contribution in [1.82, 2.24) is 5.32 Å². The highest BCUT2D eigenvalue weighted by Crippen LogP contribution is 2.15. The van der Waals surface area contributed by atoms with Gasteiger partial charge in [-0.25, -0.2) is 0 Å². The van der Waals surface area contributed by atoms with Gasteiger partial charge in [0, 0.05) is 16.7 Å². The molecule has 0 spiro atoms. The molecule has 0 aliphatic heterocycles. The van der Waals surface area contributed by atoms with Crippen LogP contribution >= 0.6 is 15.9 Å². The SMILES string of the molecule is CNCCCCNc1cccc(Br)c1. The van der Waals surface area contributed by atoms with Crippen LogP contribution < -0.4 is 10.6 Å². The molecule has 0 aliphatic rings. The molecule has 0 unspecified atom stereocenters. The molecule has 3 heteroatoms. The second kappa shape index (κ2) is 6.85. The molecule has 1 aromatic carbocycles. The molecular formula is C11H17BrN2. The average molecular weight is 257 g/mol. The van der Waals surface area contributed by atoms with E-state index in [1.807, 2.05) is 19.2 Å². The number of hydrogen-bond acceptors (Lipinski definition) is 2. The fraction of sp³-hybridized carbons (Fsp3) is 0.455. The first-order chi connectivity index (χ1) is 6.83. The molecule has 0 atom stereocenters. The molecule has 14 heavy (non-hydrogen) atoms. The maximum absolute atomic E-state index is 3.45. The monoisotopic (exact) mass is 256 g/mol. The van der Waals surface area contributed by atoms with Gasteiger partial charge in [0.1, 0.15) is 0 Å². The Labute approximate surface area is 94.2 Å². The normalized spacial score (nSPS) is 10.1. The summed E-state index contributed by atoms with van der Waals surface area (Å²) in [5.74, 6) is 0. The fourth-order valence-electron chi connectivity index (χ4n) is 1.26. The van der Waals surface area contributed by atoms with E-state index in [1.165, 1.54) is 18.5 Å². The van der Waals surface area contributed by atoms with Crippen LogP contribution in [0.25, 0.3) is 0 Å². The third kappa shape index (κ3) is 4.63. The van der Waals surface area contributed by atoms with Crippen LogP contribution in [-0.2, 0) is 0 Å². The topological polar surface area (TPSA) is 24.1 Å². The van der Waals surface area contributed by atoms with E-state index < -0.39 is 0 Å². The molecule has 0 aromatic heterocycles. The smallest absolute Gasteiger partial charge is 0.0351 e. The summed E-state index contributed by atoms with van der Waals surface area (Å²) in [6, 6.07) is 8.26. The van der Waals surface area contributed by atoms with E-state index in [4.69, 9.17) is 0 Å². The highest BCUT2D eigenvalue weighted by molar-refractivity contribution is 9.10. The minimum Gasteiger partial charge on any atom is -0.385 e. The Kier molecular flexibility index (Phi) is 5.64. The van der Waals surface area contributed by atoms with Crippen LogP contribution in [-0.4, -0.2) is 20.1 Å². The van der Waals surface area contributed by atoms with Crippen molar-refractivity contribution in [2.24, 2.45) is 0 Å². The van der Waals surface area contributed by atoms with Crippen LogP contribution in [0.3, 0.4) is 0 Å². The molecule has 0 saturated carbocycles. The van der Waals surface area contributed by atoms with Gasteiger partial charge in [0.2, 0.25) is 0 Å². The molecule has 1 aromatic rings. The highest BCUT2D eigenvalue weighted by Gasteiger charge is 1.92. The zero-order valence-electron chi connectivity index (χ0n) is 8.52. The van der Waals surface area contributed by atoms with Gasteiger partial charge in [0.15, 0.2) is 0 Å². The van der Waals surface area contributed by atoms with Crippen molar-refractivity contribution < 1.29 is 0 Å². The molecule has 0 saturated heterocycles. The molecule has 0 heterocycles. The van der Waals surface area contributed by atoms with Gasteiger partial charge < -0.3 is 10.6 Å². The van der Waals surface area contributed by atoms with Crippen molar-refractivity contribution in [1.29, 1.82) is 0 Å². The Morgan fingerprint density at radius 1 is 1.21 bits per heavy atom. The lowest BCUT2D eigenvalue weighted by molar-refractivity contribution is 0.694. The molecular weight excluding hydrogens is 240 g/mol. The van der Waals surface area contributed by atoms with E-state index in [9.17, 15) is 0 Å². The second-order valence-electron chi connectivity index (χ2n) is 3.25. The maximum Gasteiger partial charge on any atom is 0.0351 e. The van der Waals surface area contributed by atoms with Crippen LogP contribution in [0.1, 0.15) is 12.8 Å². The summed E-state index contributed by atoms with van der Waals surface area (Å²) in [5.41, 5.74) is 1.18. The summed E-state index contributed by atoms with van der Waals surface area (Å²) in [5, 5.41) is 6.53. The lowest BCUT2D eigenvalue weighted by Gasteiger charge is -2.06. The number of nitrogens with one attached hydrogen (secondary N) is 2. The summed E-state index contributed by atoms with van der Waals surface area (Å²) in [6.45, 7) is 2.14. The van der Waals surface area contributed by atoms with E-state index in [0.717, 1.165) is 17.6 Å². The zero-order chi connectivity index (χ0) is 10.2. The Bertz CT molecular complexity index is 263. The molecule has 2 nitrogen and oxygen atoms in total. The molecule has 0 aliphatic carbocycles. The van der Waals surface area contributed by atoms with Crippen LogP contribution in [0.15, 0.2) is 28.7 Å². The Hall–Kier alpha value is -0.540. The lowest BCUT2D eigenvalue weighted by Crippen LogP contribution is -2.10. The van der Waals surface area contributed by atoms with Gasteiger partial charge in [-0.1, -0.05) is 22.0 Å². The van der Waals surface area contributed by atoms with Gasteiger partial charge in [-0.2, -0.15) is 0 Å². The number of rotatable bonds is 6.